The Balaban J connectivity index is 1.69. The number of rotatable bonds is 5. The quantitative estimate of drug-likeness (QED) is 0.742. The zero-order valence-electron chi connectivity index (χ0n) is 18.4. The lowest BCUT2D eigenvalue weighted by molar-refractivity contribution is -0.222. The molecule has 0 radical (unpaired) electrons. The summed E-state index contributed by atoms with van der Waals surface area (Å²) in [5.41, 5.74) is 0. The Hall–Kier alpha value is -1.54. The van der Waals surface area contributed by atoms with Crippen molar-refractivity contribution in [3.05, 3.63) is 60.7 Å². The van der Waals surface area contributed by atoms with Crippen molar-refractivity contribution < 1.29 is 23.7 Å². The predicted molar refractivity (Wildman–Crippen MR) is 118 cm³/mol. The van der Waals surface area contributed by atoms with Crippen molar-refractivity contribution in [1.29, 1.82) is 0 Å². The highest BCUT2D eigenvalue weighted by Gasteiger charge is 2.56. The fraction of sp³-hybridized carbons (Fsp3) is 0.500. The highest BCUT2D eigenvalue weighted by Crippen LogP contribution is 2.40. The zero-order chi connectivity index (χ0) is 21.6. The Labute approximate surface area is 180 Å². The van der Waals surface area contributed by atoms with E-state index in [4.69, 9.17) is 18.6 Å². The van der Waals surface area contributed by atoms with Gasteiger partial charge in [-0.15, -0.1) is 0 Å². The highest BCUT2D eigenvalue weighted by molar-refractivity contribution is 6.99. The van der Waals surface area contributed by atoms with Gasteiger partial charge in [0, 0.05) is 0 Å². The first-order valence-corrected chi connectivity index (χ1v) is 12.5. The van der Waals surface area contributed by atoms with Crippen molar-refractivity contribution in [3.8, 4) is 0 Å². The molecule has 4 rings (SSSR count). The van der Waals surface area contributed by atoms with E-state index in [0.29, 0.717) is 6.61 Å². The first-order chi connectivity index (χ1) is 14.1. The van der Waals surface area contributed by atoms with Gasteiger partial charge < -0.3 is 23.7 Å². The molecule has 0 amide bonds. The molecule has 2 heterocycles. The Kier molecular flexibility index (Phi) is 5.68. The number of benzene rings is 2. The van der Waals surface area contributed by atoms with Gasteiger partial charge in [-0.05, 0) is 29.3 Å². The fourth-order valence-corrected chi connectivity index (χ4v) is 9.33. The van der Waals surface area contributed by atoms with Gasteiger partial charge in [-0.1, -0.05) is 81.4 Å². The van der Waals surface area contributed by atoms with Gasteiger partial charge in [0.25, 0.3) is 8.32 Å². The van der Waals surface area contributed by atoms with Crippen LogP contribution in [-0.2, 0) is 18.6 Å². The lowest BCUT2D eigenvalue weighted by Gasteiger charge is -2.43. The van der Waals surface area contributed by atoms with E-state index in [9.17, 15) is 5.11 Å². The van der Waals surface area contributed by atoms with Crippen molar-refractivity contribution in [2.45, 2.75) is 70.0 Å². The van der Waals surface area contributed by atoms with Gasteiger partial charge in [-0.3, -0.25) is 0 Å². The second kappa shape index (κ2) is 7.86. The maximum absolute atomic E-state index is 10.4. The Morgan fingerprint density at radius 1 is 0.900 bits per heavy atom. The first-order valence-electron chi connectivity index (χ1n) is 10.6. The molecule has 2 unspecified atom stereocenters. The minimum Gasteiger partial charge on any atom is -0.405 e. The molecule has 6 heteroatoms. The minimum absolute atomic E-state index is 0.126. The summed E-state index contributed by atoms with van der Waals surface area (Å²) in [5, 5.41) is 12.6. The minimum atomic E-state index is -2.68. The van der Waals surface area contributed by atoms with Crippen LogP contribution in [0.5, 0.6) is 0 Å². The first kappa shape index (κ1) is 21.7. The van der Waals surface area contributed by atoms with Gasteiger partial charge in [-0.2, -0.15) is 0 Å². The van der Waals surface area contributed by atoms with Crippen molar-refractivity contribution >= 4 is 18.7 Å². The van der Waals surface area contributed by atoms with Crippen LogP contribution < -0.4 is 10.4 Å². The summed E-state index contributed by atoms with van der Waals surface area (Å²) in [4.78, 5) is 0. The molecule has 2 aliphatic rings. The third kappa shape index (κ3) is 3.77. The Bertz CT molecular complexity index is 809. The molecule has 0 aromatic heterocycles. The smallest absolute Gasteiger partial charge is 0.261 e. The molecule has 2 aromatic carbocycles. The van der Waals surface area contributed by atoms with Crippen LogP contribution in [0.4, 0.5) is 0 Å². The van der Waals surface area contributed by atoms with Crippen LogP contribution in [0.25, 0.3) is 0 Å². The highest BCUT2D eigenvalue weighted by atomic mass is 28.4. The zero-order valence-corrected chi connectivity index (χ0v) is 19.4. The lowest BCUT2D eigenvalue weighted by atomic mass is 10.1. The van der Waals surface area contributed by atoms with E-state index in [2.05, 4.69) is 69.3 Å². The van der Waals surface area contributed by atoms with Gasteiger partial charge in [0.15, 0.2) is 12.1 Å². The molecule has 0 aliphatic carbocycles. The fourth-order valence-electron chi connectivity index (χ4n) is 4.76. The molecular weight excluding hydrogens is 396 g/mol. The van der Waals surface area contributed by atoms with Crippen LogP contribution in [-0.4, -0.2) is 50.4 Å². The van der Waals surface area contributed by atoms with E-state index < -0.39 is 32.6 Å². The molecule has 2 aromatic rings. The summed E-state index contributed by atoms with van der Waals surface area (Å²) >= 11 is 0. The van der Waals surface area contributed by atoms with E-state index in [1.165, 1.54) is 10.4 Å². The van der Waals surface area contributed by atoms with Crippen LogP contribution in [0.3, 0.4) is 0 Å². The monoisotopic (exact) mass is 428 g/mol. The predicted octanol–water partition coefficient (Wildman–Crippen LogP) is 2.80. The summed E-state index contributed by atoms with van der Waals surface area (Å²) in [7, 11) is -2.68. The Morgan fingerprint density at radius 3 is 1.90 bits per heavy atom. The molecule has 5 nitrogen and oxygen atoms in total. The van der Waals surface area contributed by atoms with E-state index in [0.717, 1.165) is 0 Å². The largest absolute Gasteiger partial charge is 0.405 e. The number of fused-ring (bicyclic) bond motifs is 1. The molecule has 2 aliphatic heterocycles. The van der Waals surface area contributed by atoms with Crippen LogP contribution in [0.1, 0.15) is 34.6 Å². The van der Waals surface area contributed by atoms with E-state index in [-0.39, 0.29) is 11.1 Å². The lowest BCUT2D eigenvalue weighted by Crippen LogP contribution is -2.67. The van der Waals surface area contributed by atoms with Crippen LogP contribution in [0.2, 0.25) is 5.04 Å². The summed E-state index contributed by atoms with van der Waals surface area (Å²) in [6, 6.07) is 21.0. The molecule has 30 heavy (non-hydrogen) atoms. The van der Waals surface area contributed by atoms with Crippen molar-refractivity contribution in [3.63, 3.8) is 0 Å². The molecule has 4 atom stereocenters. The summed E-state index contributed by atoms with van der Waals surface area (Å²) < 4.78 is 24.6. The molecule has 2 saturated heterocycles. The molecule has 0 saturated carbocycles. The summed E-state index contributed by atoms with van der Waals surface area (Å²) in [6.45, 7) is 10.8. The van der Waals surface area contributed by atoms with Gasteiger partial charge in [0.05, 0.1) is 6.61 Å². The maximum Gasteiger partial charge on any atom is 0.261 e. The van der Waals surface area contributed by atoms with Crippen molar-refractivity contribution in [2.24, 2.45) is 0 Å². The second-order valence-electron chi connectivity index (χ2n) is 9.60. The number of aliphatic hydroxyl groups excluding tert-OH is 1. The van der Waals surface area contributed by atoms with E-state index >= 15 is 0 Å². The SMILES string of the molecule is CC1(C)OC2[C@@H](O1)C(O)O[C@@H]2CO[Si](c1ccccc1)(c1ccccc1)C(C)(C)C. The molecule has 0 bridgehead atoms. The average Bonchev–Trinajstić information content (AvgIpc) is 3.17. The van der Waals surface area contributed by atoms with E-state index in [1.54, 1.807) is 0 Å². The van der Waals surface area contributed by atoms with Crippen LogP contribution in [0, 0.1) is 0 Å². The number of hydrogen-bond donors (Lipinski definition) is 1. The third-order valence-electron chi connectivity index (χ3n) is 6.01. The second-order valence-corrected chi connectivity index (χ2v) is 13.9. The number of aliphatic hydroxyl groups is 1. The van der Waals surface area contributed by atoms with Crippen LogP contribution in [0.15, 0.2) is 60.7 Å². The molecule has 0 spiro atoms. The summed E-state index contributed by atoms with van der Waals surface area (Å²) in [6.07, 6.45) is -2.25. The van der Waals surface area contributed by atoms with Crippen molar-refractivity contribution in [1.82, 2.24) is 0 Å². The molecular formula is C24H32O5Si. The third-order valence-corrected chi connectivity index (χ3v) is 11.0. The maximum atomic E-state index is 10.4. The van der Waals surface area contributed by atoms with E-state index in [1.807, 2.05) is 26.0 Å². The summed E-state index contributed by atoms with van der Waals surface area (Å²) in [5.74, 6) is -0.740. The normalized spacial score (nSPS) is 28.5. The Morgan fingerprint density at radius 2 is 1.40 bits per heavy atom. The number of ether oxygens (including phenoxy) is 3. The molecule has 2 fully saturated rings. The number of hydrogen-bond acceptors (Lipinski definition) is 5. The van der Waals surface area contributed by atoms with Gasteiger partial charge >= 0.3 is 0 Å². The van der Waals surface area contributed by atoms with Crippen molar-refractivity contribution in [2.75, 3.05) is 6.61 Å². The topological polar surface area (TPSA) is 57.2 Å². The molecule has 1 N–H and O–H groups in total. The van der Waals surface area contributed by atoms with Gasteiger partial charge in [0.2, 0.25) is 0 Å². The van der Waals surface area contributed by atoms with Gasteiger partial charge in [-0.25, -0.2) is 0 Å². The molecule has 162 valence electrons. The standard InChI is InChI=1S/C24H32O5Si/c1-23(2,3)30(17-12-8-6-9-13-17,18-14-10-7-11-15-18)26-16-19-20-21(22(25)27-19)29-24(4,5)28-20/h6-15,19-22,25H,16H2,1-5H3/t19-,20?,21-,22?/m1/s1. The van der Waals surface area contributed by atoms with Crippen LogP contribution >= 0.6 is 0 Å². The van der Waals surface area contributed by atoms with Gasteiger partial charge in [0.1, 0.15) is 18.3 Å². The average molecular weight is 429 g/mol.